The standard InChI is InChI=1S/C9H9F2NO4/c1-15-7-3-2-6(12(13)14)4-8(7)16-5-9(10)11/h2-4,9H,5H2,1H3. The van der Waals surface area contributed by atoms with Gasteiger partial charge >= 0.3 is 0 Å². The number of hydrogen-bond acceptors (Lipinski definition) is 4. The van der Waals surface area contributed by atoms with Gasteiger partial charge in [0.15, 0.2) is 11.5 Å². The van der Waals surface area contributed by atoms with E-state index < -0.39 is 18.0 Å². The minimum atomic E-state index is -2.65. The highest BCUT2D eigenvalue weighted by Crippen LogP contribution is 2.31. The molecule has 0 aromatic heterocycles. The van der Waals surface area contributed by atoms with Crippen LogP contribution in [0.2, 0.25) is 0 Å². The second-order valence-electron chi connectivity index (χ2n) is 2.79. The van der Waals surface area contributed by atoms with Crippen LogP contribution in [-0.4, -0.2) is 25.1 Å². The average Bonchev–Trinajstić information content (AvgIpc) is 2.25. The highest BCUT2D eigenvalue weighted by molar-refractivity contribution is 5.48. The number of benzene rings is 1. The van der Waals surface area contributed by atoms with Gasteiger partial charge in [-0.1, -0.05) is 0 Å². The van der Waals surface area contributed by atoms with Crippen molar-refractivity contribution in [2.45, 2.75) is 6.43 Å². The van der Waals surface area contributed by atoms with E-state index in [9.17, 15) is 18.9 Å². The molecular formula is C9H9F2NO4. The van der Waals surface area contributed by atoms with Crippen LogP contribution in [0.15, 0.2) is 18.2 Å². The van der Waals surface area contributed by atoms with E-state index in [-0.39, 0.29) is 17.2 Å². The maximum Gasteiger partial charge on any atom is 0.273 e. The summed E-state index contributed by atoms with van der Waals surface area (Å²) in [6, 6.07) is 3.54. The van der Waals surface area contributed by atoms with Gasteiger partial charge in [-0.25, -0.2) is 8.78 Å². The van der Waals surface area contributed by atoms with Gasteiger partial charge in [-0.05, 0) is 6.07 Å². The molecule has 0 saturated carbocycles. The van der Waals surface area contributed by atoms with Crippen molar-refractivity contribution in [1.29, 1.82) is 0 Å². The molecule has 7 heteroatoms. The maximum atomic E-state index is 11.9. The number of ether oxygens (including phenoxy) is 2. The van der Waals surface area contributed by atoms with Gasteiger partial charge in [-0.15, -0.1) is 0 Å². The number of rotatable bonds is 5. The van der Waals surface area contributed by atoms with Crippen LogP contribution in [0.5, 0.6) is 11.5 Å². The van der Waals surface area contributed by atoms with Crippen molar-refractivity contribution in [2.24, 2.45) is 0 Å². The molecule has 0 aliphatic heterocycles. The molecule has 1 aromatic carbocycles. The number of nitro groups is 1. The molecule has 0 atom stereocenters. The molecule has 0 spiro atoms. The molecule has 0 aliphatic carbocycles. The maximum absolute atomic E-state index is 11.9. The Morgan fingerprint density at radius 1 is 1.44 bits per heavy atom. The minimum absolute atomic E-state index is 0.0722. The van der Waals surface area contributed by atoms with E-state index >= 15 is 0 Å². The zero-order chi connectivity index (χ0) is 12.1. The Labute approximate surface area is 89.7 Å². The first-order valence-corrected chi connectivity index (χ1v) is 4.28. The largest absolute Gasteiger partial charge is 0.493 e. The Morgan fingerprint density at radius 2 is 2.12 bits per heavy atom. The molecule has 5 nitrogen and oxygen atoms in total. The van der Waals surface area contributed by atoms with Gasteiger partial charge in [-0.3, -0.25) is 10.1 Å². The van der Waals surface area contributed by atoms with Crippen molar-refractivity contribution in [1.82, 2.24) is 0 Å². The van der Waals surface area contributed by atoms with Crippen molar-refractivity contribution in [2.75, 3.05) is 13.7 Å². The van der Waals surface area contributed by atoms with Gasteiger partial charge in [0.05, 0.1) is 18.1 Å². The Balaban J connectivity index is 2.93. The summed E-state index contributed by atoms with van der Waals surface area (Å²) in [6.45, 7) is -0.836. The summed E-state index contributed by atoms with van der Waals surface area (Å²) in [5.74, 6) is 0.100. The fraction of sp³-hybridized carbons (Fsp3) is 0.333. The average molecular weight is 233 g/mol. The predicted octanol–water partition coefficient (Wildman–Crippen LogP) is 2.25. The normalized spacial score (nSPS) is 10.2. The molecule has 0 fully saturated rings. The lowest BCUT2D eigenvalue weighted by atomic mass is 10.3. The summed E-state index contributed by atoms with van der Waals surface area (Å²) in [7, 11) is 1.32. The number of non-ortho nitro benzene ring substituents is 1. The lowest BCUT2D eigenvalue weighted by molar-refractivity contribution is -0.385. The van der Waals surface area contributed by atoms with Crippen molar-refractivity contribution in [3.05, 3.63) is 28.3 Å². The lowest BCUT2D eigenvalue weighted by Gasteiger charge is -2.09. The zero-order valence-corrected chi connectivity index (χ0v) is 8.35. The first-order chi connectivity index (χ1) is 7.54. The van der Waals surface area contributed by atoms with Crippen molar-refractivity contribution in [3.63, 3.8) is 0 Å². The van der Waals surface area contributed by atoms with Crippen LogP contribution in [0.1, 0.15) is 0 Å². The number of nitrogens with zero attached hydrogens (tertiary/aromatic N) is 1. The third-order valence-corrected chi connectivity index (χ3v) is 1.72. The third kappa shape index (κ3) is 3.04. The molecule has 0 bridgehead atoms. The summed E-state index contributed by atoms with van der Waals surface area (Å²) in [4.78, 5) is 9.81. The fourth-order valence-electron chi connectivity index (χ4n) is 1.04. The minimum Gasteiger partial charge on any atom is -0.493 e. The first-order valence-electron chi connectivity index (χ1n) is 4.28. The third-order valence-electron chi connectivity index (χ3n) is 1.72. The van der Waals surface area contributed by atoms with Crippen LogP contribution >= 0.6 is 0 Å². The second kappa shape index (κ2) is 5.24. The lowest BCUT2D eigenvalue weighted by Crippen LogP contribution is -2.08. The molecule has 88 valence electrons. The summed E-state index contributed by atoms with van der Waals surface area (Å²) in [5.41, 5.74) is -0.245. The Bertz CT molecular complexity index is 384. The highest BCUT2D eigenvalue weighted by atomic mass is 19.3. The summed E-state index contributed by atoms with van der Waals surface area (Å²) in [5, 5.41) is 10.5. The smallest absolute Gasteiger partial charge is 0.273 e. The summed E-state index contributed by atoms with van der Waals surface area (Å²) in [6.07, 6.45) is -2.65. The van der Waals surface area contributed by atoms with E-state index in [0.29, 0.717) is 0 Å². The van der Waals surface area contributed by atoms with Gasteiger partial charge in [-0.2, -0.15) is 0 Å². The highest BCUT2D eigenvalue weighted by Gasteiger charge is 2.14. The van der Waals surface area contributed by atoms with E-state index in [1.54, 1.807) is 0 Å². The molecule has 16 heavy (non-hydrogen) atoms. The van der Waals surface area contributed by atoms with Gasteiger partial charge in [0.1, 0.15) is 6.61 Å². The van der Waals surface area contributed by atoms with Crippen LogP contribution in [0.3, 0.4) is 0 Å². The quantitative estimate of drug-likeness (QED) is 0.578. The van der Waals surface area contributed by atoms with E-state index in [1.165, 1.54) is 19.2 Å². The monoisotopic (exact) mass is 233 g/mol. The van der Waals surface area contributed by atoms with Gasteiger partial charge in [0, 0.05) is 6.07 Å². The zero-order valence-electron chi connectivity index (χ0n) is 8.35. The van der Waals surface area contributed by atoms with Crippen molar-refractivity contribution >= 4 is 5.69 Å². The number of nitro benzene ring substituents is 1. The molecule has 0 heterocycles. The van der Waals surface area contributed by atoms with E-state index in [0.717, 1.165) is 6.07 Å². The van der Waals surface area contributed by atoms with Crippen LogP contribution in [0.4, 0.5) is 14.5 Å². The molecule has 0 N–H and O–H groups in total. The van der Waals surface area contributed by atoms with E-state index in [2.05, 4.69) is 0 Å². The van der Waals surface area contributed by atoms with Crippen LogP contribution in [-0.2, 0) is 0 Å². The summed E-state index contributed by atoms with van der Waals surface area (Å²) >= 11 is 0. The van der Waals surface area contributed by atoms with Crippen LogP contribution in [0.25, 0.3) is 0 Å². The van der Waals surface area contributed by atoms with Gasteiger partial charge < -0.3 is 9.47 Å². The van der Waals surface area contributed by atoms with Crippen LogP contribution < -0.4 is 9.47 Å². The molecular weight excluding hydrogens is 224 g/mol. The van der Waals surface area contributed by atoms with E-state index in [1.807, 2.05) is 0 Å². The number of hydrogen-bond donors (Lipinski definition) is 0. The van der Waals surface area contributed by atoms with Gasteiger partial charge in [0.25, 0.3) is 12.1 Å². The Morgan fingerprint density at radius 3 is 2.62 bits per heavy atom. The topological polar surface area (TPSA) is 61.6 Å². The van der Waals surface area contributed by atoms with Gasteiger partial charge in [0.2, 0.25) is 0 Å². The molecule has 0 unspecified atom stereocenters. The summed E-state index contributed by atoms with van der Waals surface area (Å²) < 4.78 is 33.4. The molecule has 0 radical (unpaired) electrons. The first kappa shape index (κ1) is 12.2. The molecule has 1 rings (SSSR count). The number of alkyl halides is 2. The van der Waals surface area contributed by atoms with Crippen LogP contribution in [0, 0.1) is 10.1 Å². The second-order valence-corrected chi connectivity index (χ2v) is 2.79. The predicted molar refractivity (Wildman–Crippen MR) is 51.1 cm³/mol. The van der Waals surface area contributed by atoms with Crippen molar-refractivity contribution in [3.8, 4) is 11.5 Å². The SMILES string of the molecule is COc1ccc([N+](=O)[O-])cc1OCC(F)F. The number of halogens is 2. The Hall–Kier alpha value is -1.92. The van der Waals surface area contributed by atoms with E-state index in [4.69, 9.17) is 9.47 Å². The molecule has 0 saturated heterocycles. The molecule has 1 aromatic rings. The number of methoxy groups -OCH3 is 1. The van der Waals surface area contributed by atoms with Crippen molar-refractivity contribution < 1.29 is 23.2 Å². The molecule has 0 amide bonds. The fourth-order valence-corrected chi connectivity index (χ4v) is 1.04. The Kier molecular flexibility index (Phi) is 3.98. The molecule has 0 aliphatic rings.